The first-order valence-corrected chi connectivity index (χ1v) is 4.84. The smallest absolute Gasteiger partial charge is 0.204 e. The first-order valence-electron chi connectivity index (χ1n) is 4.05. The van der Waals surface area contributed by atoms with E-state index < -0.39 is 0 Å². The number of allylic oxidation sites excluding steroid dienone is 2. The van der Waals surface area contributed by atoms with Crippen molar-refractivity contribution in [3.8, 4) is 0 Å². The maximum Gasteiger partial charge on any atom is 0.204 e. The van der Waals surface area contributed by atoms with E-state index in [0.717, 1.165) is 10.9 Å². The predicted octanol–water partition coefficient (Wildman–Crippen LogP) is 2.33. The van der Waals surface area contributed by atoms with Gasteiger partial charge in [-0.15, -0.1) is 0 Å². The van der Waals surface area contributed by atoms with Gasteiger partial charge in [-0.2, -0.15) is 5.10 Å². The first-order chi connectivity index (χ1) is 6.16. The van der Waals surface area contributed by atoms with Crippen molar-refractivity contribution in [2.45, 2.75) is 13.3 Å². The molecule has 0 aromatic carbocycles. The minimum atomic E-state index is -0.0197. The Kier molecular flexibility index (Phi) is 3.42. The maximum absolute atomic E-state index is 11.5. The third-order valence-corrected chi connectivity index (χ3v) is 2.21. The van der Waals surface area contributed by atoms with E-state index in [-0.39, 0.29) is 5.78 Å². The lowest BCUT2D eigenvalue weighted by Gasteiger charge is -1.96. The van der Waals surface area contributed by atoms with Crippen molar-refractivity contribution in [3.05, 3.63) is 28.5 Å². The summed E-state index contributed by atoms with van der Waals surface area (Å²) < 4.78 is 2.30. The van der Waals surface area contributed by atoms with Crippen LogP contribution in [-0.2, 0) is 7.05 Å². The van der Waals surface area contributed by atoms with Gasteiger partial charge in [0.25, 0.3) is 0 Å². The van der Waals surface area contributed by atoms with Gasteiger partial charge in [0.05, 0.1) is 10.7 Å². The van der Waals surface area contributed by atoms with Crippen LogP contribution in [0.25, 0.3) is 0 Å². The van der Waals surface area contributed by atoms with Crippen LogP contribution in [0.4, 0.5) is 0 Å². The molecule has 0 spiro atoms. The molecule has 70 valence electrons. The number of carbonyl (C=O) groups excluding carboxylic acids is 1. The van der Waals surface area contributed by atoms with Crippen LogP contribution in [0.5, 0.6) is 0 Å². The molecule has 0 aliphatic heterocycles. The van der Waals surface area contributed by atoms with Gasteiger partial charge < -0.3 is 0 Å². The summed E-state index contributed by atoms with van der Waals surface area (Å²) in [4.78, 5) is 11.5. The van der Waals surface area contributed by atoms with Crippen LogP contribution < -0.4 is 0 Å². The normalized spacial score (nSPS) is 11.0. The fraction of sp³-hybridized carbons (Fsp3) is 0.333. The molecule has 0 atom stereocenters. The number of aryl methyl sites for hydroxylation is 1. The highest BCUT2D eigenvalue weighted by Gasteiger charge is 2.11. The summed E-state index contributed by atoms with van der Waals surface area (Å²) in [6, 6.07) is 0. The van der Waals surface area contributed by atoms with E-state index >= 15 is 0 Å². The summed E-state index contributed by atoms with van der Waals surface area (Å²) in [5.41, 5.74) is 0.588. The molecule has 0 N–H and O–H groups in total. The summed E-state index contributed by atoms with van der Waals surface area (Å²) in [6.45, 7) is 1.99. The van der Waals surface area contributed by atoms with Gasteiger partial charge in [0, 0.05) is 7.05 Å². The number of rotatable bonds is 3. The number of ketones is 1. The average Bonchev–Trinajstić information content (AvgIpc) is 2.42. The fourth-order valence-corrected chi connectivity index (χ4v) is 1.54. The van der Waals surface area contributed by atoms with Gasteiger partial charge in [-0.05, 0) is 28.4 Å². The molecule has 0 saturated carbocycles. The number of hydrogen-bond acceptors (Lipinski definition) is 2. The molecule has 0 amide bonds. The fourth-order valence-electron chi connectivity index (χ4n) is 0.992. The van der Waals surface area contributed by atoms with E-state index in [1.54, 1.807) is 24.0 Å². The molecule has 1 aromatic heterocycles. The van der Waals surface area contributed by atoms with Gasteiger partial charge in [0.15, 0.2) is 0 Å². The molecule has 1 heterocycles. The number of aromatic nitrogens is 2. The van der Waals surface area contributed by atoms with E-state index in [1.165, 1.54) is 0 Å². The standard InChI is InChI=1S/C9H11BrN2O/c1-3-4-5-8(13)9-7(10)6-11-12(9)2/h4-6H,3H2,1-2H3/b5-4+. The molecule has 13 heavy (non-hydrogen) atoms. The molecule has 0 radical (unpaired) electrons. The van der Waals surface area contributed by atoms with E-state index in [4.69, 9.17) is 0 Å². The minimum Gasteiger partial charge on any atom is -0.288 e. The third kappa shape index (κ3) is 2.28. The topological polar surface area (TPSA) is 34.9 Å². The zero-order valence-electron chi connectivity index (χ0n) is 7.62. The van der Waals surface area contributed by atoms with Gasteiger partial charge in [0.2, 0.25) is 5.78 Å². The van der Waals surface area contributed by atoms with Gasteiger partial charge in [0.1, 0.15) is 5.69 Å². The van der Waals surface area contributed by atoms with Crippen LogP contribution in [0.3, 0.4) is 0 Å². The van der Waals surface area contributed by atoms with Crippen LogP contribution in [0, 0.1) is 0 Å². The molecular formula is C9H11BrN2O. The minimum absolute atomic E-state index is 0.0197. The molecule has 0 aliphatic rings. The molecule has 1 rings (SSSR count). The molecule has 0 unspecified atom stereocenters. The maximum atomic E-state index is 11.5. The average molecular weight is 243 g/mol. The third-order valence-electron chi connectivity index (χ3n) is 1.63. The van der Waals surface area contributed by atoms with Crippen LogP contribution in [0.15, 0.2) is 22.8 Å². The van der Waals surface area contributed by atoms with Crippen molar-refractivity contribution in [3.63, 3.8) is 0 Å². The Balaban J connectivity index is 2.94. The first kappa shape index (κ1) is 10.2. The molecule has 0 saturated heterocycles. The molecule has 0 bridgehead atoms. The van der Waals surface area contributed by atoms with Crippen LogP contribution in [0.1, 0.15) is 23.8 Å². The van der Waals surface area contributed by atoms with Gasteiger partial charge in [-0.1, -0.05) is 13.0 Å². The van der Waals surface area contributed by atoms with Crippen molar-refractivity contribution in [1.29, 1.82) is 0 Å². The second-order valence-corrected chi connectivity index (χ2v) is 3.49. The Morgan fingerprint density at radius 1 is 1.77 bits per heavy atom. The second-order valence-electron chi connectivity index (χ2n) is 2.64. The quantitative estimate of drug-likeness (QED) is 0.603. The van der Waals surface area contributed by atoms with Crippen molar-refractivity contribution in [1.82, 2.24) is 9.78 Å². The van der Waals surface area contributed by atoms with Gasteiger partial charge >= 0.3 is 0 Å². The van der Waals surface area contributed by atoms with Crippen LogP contribution in [0.2, 0.25) is 0 Å². The monoisotopic (exact) mass is 242 g/mol. The molecular weight excluding hydrogens is 232 g/mol. The number of nitrogens with zero attached hydrogens (tertiary/aromatic N) is 2. The molecule has 0 aliphatic carbocycles. The second kappa shape index (κ2) is 4.37. The van der Waals surface area contributed by atoms with Crippen molar-refractivity contribution >= 4 is 21.7 Å². The van der Waals surface area contributed by atoms with Crippen molar-refractivity contribution < 1.29 is 4.79 Å². The van der Waals surface area contributed by atoms with E-state index in [9.17, 15) is 4.79 Å². The largest absolute Gasteiger partial charge is 0.288 e. The Morgan fingerprint density at radius 2 is 2.46 bits per heavy atom. The molecule has 1 aromatic rings. The van der Waals surface area contributed by atoms with E-state index in [1.807, 2.05) is 13.0 Å². The summed E-state index contributed by atoms with van der Waals surface area (Å²) >= 11 is 3.27. The van der Waals surface area contributed by atoms with Gasteiger partial charge in [-0.25, -0.2) is 0 Å². The zero-order valence-corrected chi connectivity index (χ0v) is 9.21. The van der Waals surface area contributed by atoms with E-state index in [0.29, 0.717) is 5.69 Å². The Labute approximate surface area is 85.6 Å². The summed E-state index contributed by atoms with van der Waals surface area (Å²) in [6.07, 6.45) is 5.89. The molecule has 3 nitrogen and oxygen atoms in total. The lowest BCUT2D eigenvalue weighted by Crippen LogP contribution is -2.04. The highest BCUT2D eigenvalue weighted by atomic mass is 79.9. The van der Waals surface area contributed by atoms with E-state index in [2.05, 4.69) is 21.0 Å². The predicted molar refractivity (Wildman–Crippen MR) is 54.7 cm³/mol. The molecule has 0 fully saturated rings. The summed E-state index contributed by atoms with van der Waals surface area (Å²) in [7, 11) is 1.75. The summed E-state index contributed by atoms with van der Waals surface area (Å²) in [5.74, 6) is -0.0197. The molecule has 4 heteroatoms. The van der Waals surface area contributed by atoms with Gasteiger partial charge in [-0.3, -0.25) is 9.48 Å². The SMILES string of the molecule is CC/C=C/C(=O)c1c(Br)cnn1C. The number of halogens is 1. The van der Waals surface area contributed by atoms with Crippen molar-refractivity contribution in [2.24, 2.45) is 7.05 Å². The van der Waals surface area contributed by atoms with Crippen molar-refractivity contribution in [2.75, 3.05) is 0 Å². The zero-order chi connectivity index (χ0) is 9.84. The lowest BCUT2D eigenvalue weighted by atomic mass is 10.2. The lowest BCUT2D eigenvalue weighted by molar-refractivity contribution is 0.103. The highest BCUT2D eigenvalue weighted by molar-refractivity contribution is 9.10. The summed E-state index contributed by atoms with van der Waals surface area (Å²) in [5, 5.41) is 3.96. The Morgan fingerprint density at radius 3 is 2.92 bits per heavy atom. The highest BCUT2D eigenvalue weighted by Crippen LogP contribution is 2.15. The van der Waals surface area contributed by atoms with Crippen LogP contribution in [-0.4, -0.2) is 15.6 Å². The number of hydrogen-bond donors (Lipinski definition) is 0. The Bertz CT molecular complexity index is 322. The van der Waals surface area contributed by atoms with Crippen LogP contribution >= 0.6 is 15.9 Å². The number of carbonyl (C=O) groups is 1. The Hall–Kier alpha value is -0.900.